The van der Waals surface area contributed by atoms with Crippen LogP contribution >= 0.6 is 0 Å². The highest BCUT2D eigenvalue weighted by molar-refractivity contribution is 5.91. The molecule has 1 heterocycles. The van der Waals surface area contributed by atoms with Crippen LogP contribution in [0.1, 0.15) is 53.4 Å². The van der Waals surface area contributed by atoms with Gasteiger partial charge in [0.2, 0.25) is 0 Å². The van der Waals surface area contributed by atoms with Gasteiger partial charge in [-0.25, -0.2) is 4.79 Å². The maximum absolute atomic E-state index is 13.4. The van der Waals surface area contributed by atoms with Crippen LogP contribution in [0, 0.1) is 5.41 Å². The molecule has 0 radical (unpaired) electrons. The topological polar surface area (TPSA) is 110 Å². The first-order valence-corrected chi connectivity index (χ1v) is 16.4. The van der Waals surface area contributed by atoms with Crippen LogP contribution in [0.5, 0.6) is 0 Å². The van der Waals surface area contributed by atoms with E-state index in [0.717, 1.165) is 16.7 Å². The Kier molecular flexibility index (Phi) is 12.7. The summed E-state index contributed by atoms with van der Waals surface area (Å²) in [6.07, 6.45) is -4.86. The Hall–Kier alpha value is -4.38. The molecular weight excluding hydrogens is 624 g/mol. The van der Waals surface area contributed by atoms with Crippen molar-refractivity contribution in [3.63, 3.8) is 0 Å². The highest BCUT2D eigenvalue weighted by Gasteiger charge is 2.51. The van der Waals surface area contributed by atoms with Gasteiger partial charge in [0.05, 0.1) is 37.4 Å². The fourth-order valence-corrected chi connectivity index (χ4v) is 5.33. The molecule has 258 valence electrons. The molecule has 49 heavy (non-hydrogen) atoms. The van der Waals surface area contributed by atoms with Crippen LogP contribution in [-0.2, 0) is 59.6 Å². The summed E-state index contributed by atoms with van der Waals surface area (Å²) >= 11 is 0. The zero-order valence-electron chi connectivity index (χ0n) is 28.1. The largest absolute Gasteiger partial charge is 0.457 e. The molecule has 0 spiro atoms. The Labute approximate surface area is 287 Å². The zero-order chi connectivity index (χ0) is 34.6. The predicted molar refractivity (Wildman–Crippen MR) is 182 cm³/mol. The van der Waals surface area contributed by atoms with E-state index in [0.29, 0.717) is 11.1 Å². The molecule has 1 fully saturated rings. The van der Waals surface area contributed by atoms with E-state index in [4.69, 9.17) is 28.4 Å². The number of carbonyl (C=O) groups excluding carboxylic acids is 2. The Balaban J connectivity index is 1.40. The van der Waals surface area contributed by atoms with Gasteiger partial charge in [0, 0.05) is 0 Å². The van der Waals surface area contributed by atoms with Gasteiger partial charge in [0.25, 0.3) is 0 Å². The van der Waals surface area contributed by atoms with Crippen LogP contribution in [0.4, 0.5) is 0 Å². The second kappa shape index (κ2) is 17.3. The summed E-state index contributed by atoms with van der Waals surface area (Å²) in [4.78, 5) is 26.6. The molecule has 4 aromatic rings. The molecule has 0 amide bonds. The summed E-state index contributed by atoms with van der Waals surface area (Å²) in [5, 5.41) is 10.5. The zero-order valence-corrected chi connectivity index (χ0v) is 28.1. The lowest BCUT2D eigenvalue weighted by Gasteiger charge is -2.45. The smallest absolute Gasteiger partial charge is 0.338 e. The van der Waals surface area contributed by atoms with Crippen molar-refractivity contribution in [2.75, 3.05) is 6.61 Å². The van der Waals surface area contributed by atoms with Crippen LogP contribution in [0.25, 0.3) is 0 Å². The van der Waals surface area contributed by atoms with Crippen molar-refractivity contribution in [2.45, 2.75) is 77.9 Å². The number of hydrogen-bond acceptors (Lipinski definition) is 9. The standard InChI is InChI=1S/C40H44O9/c1-40(2,3)39(43)49-36-35(45-25-29-17-9-5-10-18-29)34(44-24-28-15-7-4-8-16-28)33(23-41)48-38(36)47-27-31-21-13-14-22-32(31)37(42)46-26-30-19-11-6-12-20-30/h4-22,33-36,38,41H,23-27H2,1-3H3/t33-,34-,35+,36+,38+/m1/s1. The Bertz CT molecular complexity index is 1610. The maximum Gasteiger partial charge on any atom is 0.338 e. The third-order valence-electron chi connectivity index (χ3n) is 8.05. The summed E-state index contributed by atoms with van der Waals surface area (Å²) < 4.78 is 37.2. The van der Waals surface area contributed by atoms with Crippen LogP contribution in [0.2, 0.25) is 0 Å². The molecule has 1 saturated heterocycles. The maximum atomic E-state index is 13.4. The summed E-state index contributed by atoms with van der Waals surface area (Å²) in [5.41, 5.74) is 2.71. The first-order chi connectivity index (χ1) is 23.7. The molecule has 1 aliphatic heterocycles. The summed E-state index contributed by atoms with van der Waals surface area (Å²) in [6, 6.07) is 35.6. The Morgan fingerprint density at radius 3 is 1.69 bits per heavy atom. The number of carbonyl (C=O) groups is 2. The highest BCUT2D eigenvalue weighted by Crippen LogP contribution is 2.33. The summed E-state index contributed by atoms with van der Waals surface area (Å²) in [6.45, 7) is 5.29. The van der Waals surface area contributed by atoms with Crippen molar-refractivity contribution < 1.29 is 43.1 Å². The van der Waals surface area contributed by atoms with E-state index in [9.17, 15) is 14.7 Å². The molecule has 1 N–H and O–H groups in total. The van der Waals surface area contributed by atoms with Gasteiger partial charge in [0.15, 0.2) is 12.4 Å². The molecule has 5 rings (SSSR count). The summed E-state index contributed by atoms with van der Waals surface area (Å²) in [5.74, 6) is -0.993. The van der Waals surface area contributed by atoms with Gasteiger partial charge in [-0.1, -0.05) is 109 Å². The first kappa shape index (κ1) is 35.9. The average Bonchev–Trinajstić information content (AvgIpc) is 3.12. The van der Waals surface area contributed by atoms with E-state index in [1.54, 1.807) is 45.0 Å². The van der Waals surface area contributed by atoms with Crippen molar-refractivity contribution in [1.29, 1.82) is 0 Å². The van der Waals surface area contributed by atoms with E-state index < -0.39 is 54.7 Å². The minimum Gasteiger partial charge on any atom is -0.457 e. The molecular formula is C40H44O9. The van der Waals surface area contributed by atoms with Gasteiger partial charge in [-0.2, -0.15) is 0 Å². The second-order valence-electron chi connectivity index (χ2n) is 12.9. The van der Waals surface area contributed by atoms with Gasteiger partial charge in [-0.05, 0) is 49.1 Å². The second-order valence-corrected chi connectivity index (χ2v) is 12.9. The minimum absolute atomic E-state index is 0.0794. The third kappa shape index (κ3) is 10.1. The fraction of sp³-hybridized carbons (Fsp3) is 0.350. The third-order valence-corrected chi connectivity index (χ3v) is 8.05. The van der Waals surface area contributed by atoms with Crippen molar-refractivity contribution in [2.24, 2.45) is 5.41 Å². The van der Waals surface area contributed by atoms with Gasteiger partial charge in [0.1, 0.15) is 24.9 Å². The van der Waals surface area contributed by atoms with E-state index in [-0.39, 0.29) is 26.4 Å². The Morgan fingerprint density at radius 1 is 0.633 bits per heavy atom. The van der Waals surface area contributed by atoms with Gasteiger partial charge < -0.3 is 33.5 Å². The van der Waals surface area contributed by atoms with Crippen LogP contribution in [-0.4, -0.2) is 54.4 Å². The number of aliphatic hydroxyl groups excluding tert-OH is 1. The molecule has 4 aromatic carbocycles. The average molecular weight is 669 g/mol. The number of esters is 2. The number of hydrogen-bond donors (Lipinski definition) is 1. The van der Waals surface area contributed by atoms with Crippen LogP contribution in [0.15, 0.2) is 115 Å². The molecule has 9 nitrogen and oxygen atoms in total. The lowest BCUT2D eigenvalue weighted by Crippen LogP contribution is -2.62. The van der Waals surface area contributed by atoms with Crippen molar-refractivity contribution in [3.05, 3.63) is 143 Å². The molecule has 0 bridgehead atoms. The molecule has 0 aromatic heterocycles. The molecule has 0 saturated carbocycles. The predicted octanol–water partition coefficient (Wildman–Crippen LogP) is 6.41. The van der Waals surface area contributed by atoms with Gasteiger partial charge >= 0.3 is 11.9 Å². The normalized spacial score (nSPS) is 20.8. The van der Waals surface area contributed by atoms with Crippen molar-refractivity contribution >= 4 is 11.9 Å². The molecule has 0 unspecified atom stereocenters. The lowest BCUT2D eigenvalue weighted by molar-refractivity contribution is -0.323. The SMILES string of the molecule is CC(C)(C)C(=O)O[C@@H]1[C@@H](OCc2ccccc2C(=O)OCc2ccccc2)O[C@H](CO)[C@@H](OCc2ccccc2)[C@@H]1OCc1ccccc1. The van der Waals surface area contributed by atoms with Crippen molar-refractivity contribution in [3.8, 4) is 0 Å². The summed E-state index contributed by atoms with van der Waals surface area (Å²) in [7, 11) is 0. The van der Waals surface area contributed by atoms with Gasteiger partial charge in [-0.15, -0.1) is 0 Å². The quantitative estimate of drug-likeness (QED) is 0.153. The van der Waals surface area contributed by atoms with Crippen molar-refractivity contribution in [1.82, 2.24) is 0 Å². The van der Waals surface area contributed by atoms with E-state index in [1.807, 2.05) is 91.0 Å². The van der Waals surface area contributed by atoms with E-state index in [1.165, 1.54) is 0 Å². The monoisotopic (exact) mass is 668 g/mol. The van der Waals surface area contributed by atoms with E-state index in [2.05, 4.69) is 0 Å². The number of aliphatic hydroxyl groups is 1. The van der Waals surface area contributed by atoms with Gasteiger partial charge in [-0.3, -0.25) is 4.79 Å². The molecule has 1 aliphatic rings. The van der Waals surface area contributed by atoms with Crippen LogP contribution < -0.4 is 0 Å². The molecule has 0 aliphatic carbocycles. The first-order valence-electron chi connectivity index (χ1n) is 16.4. The minimum atomic E-state index is -1.17. The Morgan fingerprint density at radius 2 is 1.14 bits per heavy atom. The fourth-order valence-electron chi connectivity index (χ4n) is 5.33. The number of benzene rings is 4. The highest BCUT2D eigenvalue weighted by atomic mass is 16.7. The lowest BCUT2D eigenvalue weighted by atomic mass is 9.95. The molecule has 5 atom stereocenters. The number of rotatable bonds is 14. The van der Waals surface area contributed by atoms with E-state index >= 15 is 0 Å². The van der Waals surface area contributed by atoms with Crippen LogP contribution in [0.3, 0.4) is 0 Å². The number of ether oxygens (including phenoxy) is 6. The molecule has 9 heteroatoms.